The number of rotatable bonds is 11. The van der Waals surface area contributed by atoms with Gasteiger partial charge in [-0.3, -0.25) is 20.2 Å². The van der Waals surface area contributed by atoms with Crippen LogP contribution in [0.15, 0.2) is 47.7 Å². The Morgan fingerprint density at radius 1 is 1.33 bits per heavy atom. The number of fused-ring (bicyclic) bond motifs is 1. The molecule has 3 unspecified atom stereocenters. The van der Waals surface area contributed by atoms with Crippen molar-refractivity contribution in [3.63, 3.8) is 0 Å². The summed E-state index contributed by atoms with van der Waals surface area (Å²) in [6.07, 6.45) is 5.99. The van der Waals surface area contributed by atoms with Crippen LogP contribution >= 0.6 is 11.3 Å². The van der Waals surface area contributed by atoms with Gasteiger partial charge in [0.05, 0.1) is 29.1 Å². The zero-order chi connectivity index (χ0) is 23.0. The second-order valence-corrected chi connectivity index (χ2v) is 9.21. The van der Waals surface area contributed by atoms with Crippen LogP contribution in [0.3, 0.4) is 0 Å². The molecule has 0 fully saturated rings. The quantitative estimate of drug-likeness (QED) is 0.399. The van der Waals surface area contributed by atoms with Crippen LogP contribution in [0.4, 0.5) is 0 Å². The molecule has 33 heavy (non-hydrogen) atoms. The molecule has 0 bridgehead atoms. The van der Waals surface area contributed by atoms with Gasteiger partial charge in [0, 0.05) is 38.1 Å². The van der Waals surface area contributed by atoms with Gasteiger partial charge in [-0.1, -0.05) is 31.2 Å². The second-order valence-electron chi connectivity index (χ2n) is 8.14. The summed E-state index contributed by atoms with van der Waals surface area (Å²) in [6.45, 7) is 6.11. The fourth-order valence-electron chi connectivity index (χ4n) is 4.10. The van der Waals surface area contributed by atoms with E-state index >= 15 is 0 Å². The molecule has 4 N–H and O–H groups in total. The molecule has 1 aliphatic heterocycles. The van der Waals surface area contributed by atoms with E-state index in [4.69, 9.17) is 15.5 Å². The number of nitrogens with zero attached hydrogens (tertiary/aromatic N) is 4. The Morgan fingerprint density at radius 3 is 3.00 bits per heavy atom. The van der Waals surface area contributed by atoms with Crippen LogP contribution in [-0.4, -0.2) is 60.2 Å². The molecule has 3 atom stereocenters. The number of nitrogens with two attached hydrogens (primary N) is 1. The maximum absolute atomic E-state index is 6.13. The summed E-state index contributed by atoms with van der Waals surface area (Å²) < 4.78 is 7.27. The molecule has 3 aromatic rings. The largest absolute Gasteiger partial charge is 0.339 e. The van der Waals surface area contributed by atoms with Gasteiger partial charge in [0.2, 0.25) is 6.35 Å². The lowest BCUT2D eigenvalue weighted by molar-refractivity contribution is 0.00955. The third-order valence-corrected chi connectivity index (χ3v) is 6.96. The number of pyridine rings is 1. The standard InChI is InChI=1S/C24H33N7OS/c1-3-31(12-9-25)15-17-5-4-6-18(13-17)16-32-24-28-11-7-19(30-24)22(26-2)23-29-20-14-27-10-8-21(20)33-23/h4-6,8,10-11,13-14,19,22,24,26,30H,3,7,9,12,15-16,25H2,1-2H3. The summed E-state index contributed by atoms with van der Waals surface area (Å²) in [6, 6.07) is 10.7. The van der Waals surface area contributed by atoms with E-state index in [-0.39, 0.29) is 18.4 Å². The van der Waals surface area contributed by atoms with Crippen molar-refractivity contribution in [1.82, 2.24) is 25.5 Å². The highest BCUT2D eigenvalue weighted by molar-refractivity contribution is 7.18. The molecule has 176 valence electrons. The molecule has 0 saturated heterocycles. The van der Waals surface area contributed by atoms with E-state index in [0.717, 1.165) is 46.8 Å². The van der Waals surface area contributed by atoms with Crippen molar-refractivity contribution >= 4 is 27.8 Å². The first-order valence-corrected chi connectivity index (χ1v) is 12.3. The van der Waals surface area contributed by atoms with Gasteiger partial charge in [0.25, 0.3) is 0 Å². The molecule has 0 radical (unpaired) electrons. The first kappa shape index (κ1) is 23.9. The van der Waals surface area contributed by atoms with E-state index in [1.54, 1.807) is 17.5 Å². The zero-order valence-electron chi connectivity index (χ0n) is 19.3. The van der Waals surface area contributed by atoms with Crippen LogP contribution < -0.4 is 16.4 Å². The Kier molecular flexibility index (Phi) is 8.49. The van der Waals surface area contributed by atoms with Gasteiger partial charge in [0.15, 0.2) is 0 Å². The molecular weight excluding hydrogens is 434 g/mol. The van der Waals surface area contributed by atoms with Crippen molar-refractivity contribution in [3.8, 4) is 0 Å². The highest BCUT2D eigenvalue weighted by Gasteiger charge is 2.28. The maximum Gasteiger partial charge on any atom is 0.204 e. The van der Waals surface area contributed by atoms with Crippen LogP contribution in [0, 0.1) is 0 Å². The molecule has 3 heterocycles. The molecular formula is C24H33N7OS. The van der Waals surface area contributed by atoms with Gasteiger partial charge < -0.3 is 15.8 Å². The number of ether oxygens (including phenoxy) is 1. The third-order valence-electron chi connectivity index (χ3n) is 5.84. The van der Waals surface area contributed by atoms with Crippen LogP contribution in [0.1, 0.15) is 35.5 Å². The Balaban J connectivity index is 1.36. The van der Waals surface area contributed by atoms with Gasteiger partial charge in [0.1, 0.15) is 5.01 Å². The number of hydrogen-bond donors (Lipinski definition) is 3. The molecule has 0 aliphatic carbocycles. The van der Waals surface area contributed by atoms with E-state index < -0.39 is 0 Å². The summed E-state index contributed by atoms with van der Waals surface area (Å²) in [7, 11) is 1.97. The third kappa shape index (κ3) is 6.20. The van der Waals surface area contributed by atoms with E-state index in [1.165, 1.54) is 5.56 Å². The normalized spacial score (nSPS) is 19.4. The lowest BCUT2D eigenvalue weighted by Crippen LogP contribution is -2.48. The molecule has 9 heteroatoms. The monoisotopic (exact) mass is 467 g/mol. The fraction of sp³-hybridized carbons (Fsp3) is 0.458. The zero-order valence-corrected chi connectivity index (χ0v) is 20.1. The Bertz CT molecular complexity index is 1020. The molecule has 0 spiro atoms. The summed E-state index contributed by atoms with van der Waals surface area (Å²) in [4.78, 5) is 15.8. The predicted octanol–water partition coefficient (Wildman–Crippen LogP) is 2.67. The maximum atomic E-state index is 6.13. The number of aromatic nitrogens is 2. The Labute approximate surface area is 199 Å². The minimum Gasteiger partial charge on any atom is -0.339 e. The summed E-state index contributed by atoms with van der Waals surface area (Å²) in [5.41, 5.74) is 9.07. The first-order chi connectivity index (χ1) is 16.2. The SMILES string of the molecule is CCN(CCN)Cc1cccc(COC2N=CCC(C(NC)c3nc4cnccc4s3)N2)c1. The van der Waals surface area contributed by atoms with Crippen molar-refractivity contribution in [3.05, 3.63) is 58.9 Å². The second kappa shape index (κ2) is 11.7. The molecule has 0 amide bonds. The van der Waals surface area contributed by atoms with Crippen LogP contribution in [-0.2, 0) is 17.9 Å². The van der Waals surface area contributed by atoms with E-state index in [0.29, 0.717) is 13.2 Å². The minimum absolute atomic E-state index is 0.0612. The number of thiazole rings is 1. The first-order valence-electron chi connectivity index (χ1n) is 11.5. The molecule has 8 nitrogen and oxygen atoms in total. The summed E-state index contributed by atoms with van der Waals surface area (Å²) >= 11 is 1.70. The molecule has 0 saturated carbocycles. The number of nitrogens with one attached hydrogen (secondary N) is 2. The fourth-order valence-corrected chi connectivity index (χ4v) is 5.21. The topological polar surface area (TPSA) is 101 Å². The molecule has 1 aliphatic rings. The number of hydrogen-bond acceptors (Lipinski definition) is 9. The number of aliphatic imine (C=N–C) groups is 1. The lowest BCUT2D eigenvalue weighted by atomic mass is 10.1. The molecule has 2 aromatic heterocycles. The highest BCUT2D eigenvalue weighted by atomic mass is 32.1. The van der Waals surface area contributed by atoms with Crippen LogP contribution in [0.5, 0.6) is 0 Å². The number of likely N-dealkylation sites (N-methyl/N-ethyl adjacent to an activating group) is 2. The average molecular weight is 468 g/mol. The summed E-state index contributed by atoms with van der Waals surface area (Å²) in [5, 5.41) is 8.00. The molecule has 4 rings (SSSR count). The highest BCUT2D eigenvalue weighted by Crippen LogP contribution is 2.29. The van der Waals surface area contributed by atoms with Crippen molar-refractivity contribution in [2.24, 2.45) is 10.7 Å². The van der Waals surface area contributed by atoms with Crippen molar-refractivity contribution in [2.75, 3.05) is 26.7 Å². The van der Waals surface area contributed by atoms with Gasteiger partial charge in [-0.05, 0) is 37.2 Å². The predicted molar refractivity (Wildman–Crippen MR) is 134 cm³/mol. The van der Waals surface area contributed by atoms with E-state index in [1.807, 2.05) is 25.5 Å². The van der Waals surface area contributed by atoms with Gasteiger partial charge >= 0.3 is 0 Å². The number of benzene rings is 1. The van der Waals surface area contributed by atoms with E-state index in [2.05, 4.69) is 56.7 Å². The van der Waals surface area contributed by atoms with Crippen molar-refractivity contribution < 1.29 is 4.74 Å². The smallest absolute Gasteiger partial charge is 0.204 e. The van der Waals surface area contributed by atoms with Gasteiger partial charge in [-0.25, -0.2) is 4.98 Å². The van der Waals surface area contributed by atoms with Crippen molar-refractivity contribution in [2.45, 2.75) is 44.9 Å². The van der Waals surface area contributed by atoms with Crippen LogP contribution in [0.25, 0.3) is 10.2 Å². The average Bonchev–Trinajstić information content (AvgIpc) is 3.27. The Hall–Kier alpha value is -2.27. The van der Waals surface area contributed by atoms with Gasteiger partial charge in [-0.2, -0.15) is 0 Å². The Morgan fingerprint density at radius 2 is 2.21 bits per heavy atom. The van der Waals surface area contributed by atoms with Gasteiger partial charge in [-0.15, -0.1) is 11.3 Å². The summed E-state index contributed by atoms with van der Waals surface area (Å²) in [5.74, 6) is 0. The minimum atomic E-state index is -0.385. The van der Waals surface area contributed by atoms with E-state index in [9.17, 15) is 0 Å². The molecule has 1 aromatic carbocycles. The lowest BCUT2D eigenvalue weighted by Gasteiger charge is -2.31. The van der Waals surface area contributed by atoms with Crippen LogP contribution in [0.2, 0.25) is 0 Å². The van der Waals surface area contributed by atoms with Crippen molar-refractivity contribution in [1.29, 1.82) is 0 Å².